The number of aryl methyl sites for hydroxylation is 1. The maximum Gasteiger partial charge on any atom is 0.261 e. The third-order valence-electron chi connectivity index (χ3n) is 6.33. The fourth-order valence-electron chi connectivity index (χ4n) is 4.34. The number of aromatic nitrogens is 5. The fourth-order valence-corrected chi connectivity index (χ4v) is 4.34. The maximum absolute atomic E-state index is 15.2. The van der Waals surface area contributed by atoms with Crippen molar-refractivity contribution >= 4 is 28.3 Å². The summed E-state index contributed by atoms with van der Waals surface area (Å²) in [7, 11) is 1.77. The predicted molar refractivity (Wildman–Crippen MR) is 130 cm³/mol. The number of nitrogen functional groups attached to an aromatic ring is 1. The molecule has 1 aliphatic rings. The molecule has 8 nitrogen and oxygen atoms in total. The monoisotopic (exact) mass is 483 g/mol. The van der Waals surface area contributed by atoms with E-state index in [4.69, 9.17) is 5.73 Å². The van der Waals surface area contributed by atoms with Gasteiger partial charge in [-0.05, 0) is 24.3 Å². The summed E-state index contributed by atoms with van der Waals surface area (Å²) >= 11 is 0. The van der Waals surface area contributed by atoms with Crippen LogP contribution in [0.3, 0.4) is 0 Å². The molecule has 178 valence electrons. The first-order valence-corrected chi connectivity index (χ1v) is 11.1. The van der Waals surface area contributed by atoms with Gasteiger partial charge in [-0.1, -0.05) is 12.1 Å². The van der Waals surface area contributed by atoms with Crippen molar-refractivity contribution in [3.05, 3.63) is 95.4 Å². The molecule has 1 amide bonds. The summed E-state index contributed by atoms with van der Waals surface area (Å²) in [6, 6.07) is 9.18. The second kappa shape index (κ2) is 8.14. The van der Waals surface area contributed by atoms with Gasteiger partial charge < -0.3 is 10.6 Å². The Balaban J connectivity index is 1.39. The number of nitrogens with two attached hydrogens (primary N) is 1. The van der Waals surface area contributed by atoms with Gasteiger partial charge in [0.25, 0.3) is 5.91 Å². The SMILES string of the molecule is Cn1nccc1-c1ccc(CN(C(=O)c2cc3c(cc2F)nc(N)c2cncn23)C2=C=CC2)c(F)c1. The van der Waals surface area contributed by atoms with Gasteiger partial charge in [0.05, 0.1) is 47.1 Å². The van der Waals surface area contributed by atoms with Gasteiger partial charge in [-0.3, -0.25) is 13.9 Å². The fraction of sp³-hybridized carbons (Fsp3) is 0.115. The van der Waals surface area contributed by atoms with E-state index in [1.54, 1.807) is 52.8 Å². The van der Waals surface area contributed by atoms with Crippen LogP contribution in [0.5, 0.6) is 0 Å². The average molecular weight is 483 g/mol. The number of anilines is 1. The number of carbonyl (C=O) groups is 1. The van der Waals surface area contributed by atoms with Crippen molar-refractivity contribution in [2.45, 2.75) is 13.0 Å². The predicted octanol–water partition coefficient (Wildman–Crippen LogP) is 4.23. The first-order valence-electron chi connectivity index (χ1n) is 11.1. The van der Waals surface area contributed by atoms with Crippen LogP contribution in [0.15, 0.2) is 72.6 Å². The van der Waals surface area contributed by atoms with E-state index < -0.39 is 17.5 Å². The van der Waals surface area contributed by atoms with Crippen molar-refractivity contribution in [1.29, 1.82) is 0 Å². The molecular weight excluding hydrogens is 464 g/mol. The van der Waals surface area contributed by atoms with Crippen LogP contribution >= 0.6 is 0 Å². The van der Waals surface area contributed by atoms with Crippen LogP contribution in [0.1, 0.15) is 22.3 Å². The Hall–Kier alpha value is -4.82. The zero-order valence-electron chi connectivity index (χ0n) is 19.1. The highest BCUT2D eigenvalue weighted by atomic mass is 19.1. The zero-order valence-corrected chi connectivity index (χ0v) is 19.1. The van der Waals surface area contributed by atoms with Gasteiger partial charge in [-0.2, -0.15) is 5.10 Å². The van der Waals surface area contributed by atoms with E-state index in [1.165, 1.54) is 29.4 Å². The Morgan fingerprint density at radius 3 is 2.69 bits per heavy atom. The molecular formula is C26H19F2N7O. The standard InChI is InChI=1S/C26H19F2N7O/c1-33-22(7-8-31-33)15-5-6-16(19(27)9-15)13-34(17-3-2-4-17)26(36)18-10-23-21(11-20(18)28)32-25(29)24-12-30-14-35(23)24/h2,5-12,14H,3,13H2,1H3,(H2,29,32). The van der Waals surface area contributed by atoms with Crippen molar-refractivity contribution in [2.24, 2.45) is 7.05 Å². The molecule has 0 saturated heterocycles. The Kier molecular flexibility index (Phi) is 4.91. The number of benzene rings is 2. The van der Waals surface area contributed by atoms with Gasteiger partial charge in [0, 0.05) is 36.9 Å². The molecule has 5 aromatic rings. The van der Waals surface area contributed by atoms with Crippen molar-refractivity contribution in [2.75, 3.05) is 5.73 Å². The van der Waals surface area contributed by atoms with Crippen LogP contribution < -0.4 is 5.73 Å². The molecule has 6 rings (SSSR count). The summed E-state index contributed by atoms with van der Waals surface area (Å²) < 4.78 is 33.6. The van der Waals surface area contributed by atoms with Crippen molar-refractivity contribution in [3.63, 3.8) is 0 Å². The number of fused-ring (bicyclic) bond motifs is 3. The normalized spacial score (nSPS) is 12.7. The summed E-state index contributed by atoms with van der Waals surface area (Å²) in [6.45, 7) is -0.0789. The molecule has 10 heteroatoms. The number of nitrogens with zero attached hydrogens (tertiary/aromatic N) is 6. The largest absolute Gasteiger partial charge is 0.382 e. The third kappa shape index (κ3) is 3.43. The van der Waals surface area contributed by atoms with E-state index in [2.05, 4.69) is 20.8 Å². The Labute approximate surface area is 203 Å². The number of imidazole rings is 1. The lowest BCUT2D eigenvalue weighted by Crippen LogP contribution is -2.32. The van der Waals surface area contributed by atoms with Gasteiger partial charge in [-0.25, -0.2) is 18.7 Å². The maximum atomic E-state index is 15.2. The minimum absolute atomic E-state index is 0.0789. The molecule has 2 aromatic carbocycles. The lowest BCUT2D eigenvalue weighted by Gasteiger charge is -2.26. The van der Waals surface area contributed by atoms with Crippen LogP contribution in [-0.2, 0) is 13.6 Å². The number of amides is 1. The van der Waals surface area contributed by atoms with E-state index in [-0.39, 0.29) is 23.4 Å². The summed E-state index contributed by atoms with van der Waals surface area (Å²) in [5, 5.41) is 4.12. The molecule has 0 fully saturated rings. The highest BCUT2D eigenvalue weighted by molar-refractivity contribution is 5.99. The second-order valence-corrected chi connectivity index (χ2v) is 8.50. The van der Waals surface area contributed by atoms with Crippen LogP contribution in [0.4, 0.5) is 14.6 Å². The number of rotatable bonds is 5. The van der Waals surface area contributed by atoms with Gasteiger partial charge in [-0.15, -0.1) is 5.73 Å². The molecule has 0 unspecified atom stereocenters. The molecule has 0 aliphatic heterocycles. The Morgan fingerprint density at radius 2 is 2.00 bits per heavy atom. The van der Waals surface area contributed by atoms with Gasteiger partial charge >= 0.3 is 0 Å². The number of carbonyl (C=O) groups excluding carboxylic acids is 1. The quantitative estimate of drug-likeness (QED) is 0.378. The van der Waals surface area contributed by atoms with E-state index >= 15 is 8.78 Å². The molecule has 0 bridgehead atoms. The molecule has 3 heterocycles. The molecule has 0 spiro atoms. The lowest BCUT2D eigenvalue weighted by molar-refractivity contribution is 0.0786. The first-order chi connectivity index (χ1) is 17.4. The molecule has 1 aliphatic carbocycles. The van der Waals surface area contributed by atoms with Gasteiger partial charge in [0.1, 0.15) is 23.0 Å². The van der Waals surface area contributed by atoms with E-state index in [9.17, 15) is 4.79 Å². The smallest absolute Gasteiger partial charge is 0.261 e. The third-order valence-corrected chi connectivity index (χ3v) is 6.33. The van der Waals surface area contributed by atoms with E-state index in [0.29, 0.717) is 34.3 Å². The summed E-state index contributed by atoms with van der Waals surface area (Å²) in [4.78, 5) is 23.3. The summed E-state index contributed by atoms with van der Waals surface area (Å²) in [5.41, 5.74) is 12.3. The highest BCUT2D eigenvalue weighted by Crippen LogP contribution is 2.28. The molecule has 36 heavy (non-hydrogen) atoms. The van der Waals surface area contributed by atoms with E-state index in [1.807, 2.05) is 0 Å². The Morgan fingerprint density at radius 1 is 1.17 bits per heavy atom. The highest BCUT2D eigenvalue weighted by Gasteiger charge is 2.26. The van der Waals surface area contributed by atoms with Crippen LogP contribution in [0.2, 0.25) is 0 Å². The van der Waals surface area contributed by atoms with Gasteiger partial charge in [0.2, 0.25) is 0 Å². The molecule has 0 saturated carbocycles. The number of hydrogen-bond donors (Lipinski definition) is 1. The van der Waals surface area contributed by atoms with Gasteiger partial charge in [0.15, 0.2) is 0 Å². The Bertz CT molecular complexity index is 1760. The second-order valence-electron chi connectivity index (χ2n) is 8.50. The summed E-state index contributed by atoms with van der Waals surface area (Å²) in [6.07, 6.45) is 6.93. The van der Waals surface area contributed by atoms with Crippen LogP contribution in [-0.4, -0.2) is 35.0 Å². The minimum atomic E-state index is -0.750. The average Bonchev–Trinajstić information content (AvgIpc) is 3.48. The lowest BCUT2D eigenvalue weighted by atomic mass is 10.0. The van der Waals surface area contributed by atoms with Crippen molar-refractivity contribution in [3.8, 4) is 11.3 Å². The zero-order chi connectivity index (χ0) is 25.0. The van der Waals surface area contributed by atoms with Crippen molar-refractivity contribution in [1.82, 2.24) is 29.0 Å². The first kappa shape index (κ1) is 21.7. The molecule has 2 N–H and O–H groups in total. The molecule has 3 aromatic heterocycles. The number of halogens is 2. The van der Waals surface area contributed by atoms with Crippen LogP contribution in [0, 0.1) is 11.6 Å². The number of hydrogen-bond acceptors (Lipinski definition) is 5. The summed E-state index contributed by atoms with van der Waals surface area (Å²) in [5.74, 6) is -1.63. The van der Waals surface area contributed by atoms with Crippen molar-refractivity contribution < 1.29 is 13.6 Å². The topological polar surface area (TPSA) is 94.3 Å². The molecule has 0 radical (unpaired) electrons. The molecule has 0 atom stereocenters. The van der Waals surface area contributed by atoms with Crippen LogP contribution in [0.25, 0.3) is 27.8 Å². The van der Waals surface area contributed by atoms with E-state index in [0.717, 1.165) is 5.69 Å². The minimum Gasteiger partial charge on any atom is -0.382 e.